The van der Waals surface area contributed by atoms with E-state index in [-0.39, 0.29) is 5.91 Å². The van der Waals surface area contributed by atoms with E-state index in [1.165, 1.54) is 11.1 Å². The monoisotopic (exact) mass is 487 g/mol. The predicted octanol–water partition coefficient (Wildman–Crippen LogP) is 5.86. The second-order valence-corrected chi connectivity index (χ2v) is 9.17. The normalized spacial score (nSPS) is 15.2. The molecular weight excluding hydrogens is 458 g/mol. The molecule has 0 aromatic heterocycles. The third-order valence-corrected chi connectivity index (χ3v) is 6.65. The third kappa shape index (κ3) is 5.87. The smallest absolute Gasteiger partial charge is 0.255 e. The maximum absolute atomic E-state index is 13.5. The zero-order chi connectivity index (χ0) is 24.8. The number of benzene rings is 3. The van der Waals surface area contributed by atoms with Gasteiger partial charge in [-0.3, -0.25) is 4.79 Å². The van der Waals surface area contributed by atoms with Crippen molar-refractivity contribution in [1.82, 2.24) is 5.32 Å². The van der Waals surface area contributed by atoms with E-state index in [1.54, 1.807) is 26.0 Å². The zero-order valence-corrected chi connectivity index (χ0v) is 21.1. The highest BCUT2D eigenvalue weighted by Crippen LogP contribution is 2.39. The van der Waals surface area contributed by atoms with Gasteiger partial charge in [-0.1, -0.05) is 59.8 Å². The number of thioether (sulfide) groups is 1. The lowest BCUT2D eigenvalue weighted by molar-refractivity contribution is -0.113. The molecule has 3 aromatic rings. The fourth-order valence-electron chi connectivity index (χ4n) is 3.96. The number of aryl methyl sites for hydroxylation is 1. The number of amides is 1. The first-order valence-electron chi connectivity index (χ1n) is 11.3. The number of carbonyl (C=O) groups excluding carboxylic acids is 1. The van der Waals surface area contributed by atoms with Crippen LogP contribution in [0.3, 0.4) is 0 Å². The van der Waals surface area contributed by atoms with Gasteiger partial charge in [0.2, 0.25) is 0 Å². The van der Waals surface area contributed by atoms with Crippen LogP contribution in [-0.4, -0.2) is 25.3 Å². The first-order valence-corrected chi connectivity index (χ1v) is 12.3. The van der Waals surface area contributed by atoms with E-state index in [0.29, 0.717) is 17.1 Å². The Morgan fingerprint density at radius 3 is 2.51 bits per heavy atom. The van der Waals surface area contributed by atoms with Gasteiger partial charge in [0.25, 0.3) is 5.91 Å². The third-order valence-electron chi connectivity index (χ3n) is 5.69. The van der Waals surface area contributed by atoms with Crippen LogP contribution in [0.1, 0.15) is 29.7 Å². The molecule has 1 heterocycles. The van der Waals surface area contributed by atoms with E-state index in [0.717, 1.165) is 27.9 Å². The highest BCUT2D eigenvalue weighted by Gasteiger charge is 2.31. The van der Waals surface area contributed by atoms with Crippen LogP contribution in [0.5, 0.6) is 11.5 Å². The molecule has 0 bridgehead atoms. The van der Waals surface area contributed by atoms with E-state index in [4.69, 9.17) is 14.5 Å². The Kier molecular flexibility index (Phi) is 7.77. The first-order chi connectivity index (χ1) is 17.0. The number of allylic oxidation sites excluding steroid dienone is 1. The van der Waals surface area contributed by atoms with Gasteiger partial charge >= 0.3 is 0 Å². The number of nitrogens with zero attached hydrogens (tertiary/aromatic N) is 1. The average molecular weight is 488 g/mol. The van der Waals surface area contributed by atoms with E-state index < -0.39 is 6.04 Å². The van der Waals surface area contributed by atoms with Gasteiger partial charge < -0.3 is 20.1 Å². The van der Waals surface area contributed by atoms with Crippen LogP contribution in [0.25, 0.3) is 0 Å². The minimum atomic E-state index is -0.541. The molecule has 1 aliphatic heterocycles. The van der Waals surface area contributed by atoms with Crippen molar-refractivity contribution in [3.63, 3.8) is 0 Å². The van der Waals surface area contributed by atoms with Crippen molar-refractivity contribution in [3.05, 3.63) is 101 Å². The molecule has 180 valence electrons. The molecular formula is C28H29N3O3S. The number of aliphatic imine (C=N–C) groups is 1. The summed E-state index contributed by atoms with van der Waals surface area (Å²) in [5.74, 6) is 1.84. The molecule has 2 N–H and O–H groups in total. The summed E-state index contributed by atoms with van der Waals surface area (Å²) in [6, 6.07) is 22.9. The number of carbonyl (C=O) groups is 1. The number of hydrogen-bond donors (Lipinski definition) is 2. The Labute approximate surface area is 210 Å². The maximum Gasteiger partial charge on any atom is 0.255 e. The summed E-state index contributed by atoms with van der Waals surface area (Å²) in [6.45, 7) is 3.99. The standard InChI is InChI=1S/C28H29N3O3S/c1-18-9-8-10-20(15-18)17-35-28-29-19(2)25(27(32)30-21-11-6-5-7-12-21)26(31-28)23-14-13-22(33-3)16-24(23)34-4/h5-16,26H,17H2,1-4H3,(H,29,31)(H,30,32)/t26-/m1/s1. The largest absolute Gasteiger partial charge is 0.497 e. The molecule has 35 heavy (non-hydrogen) atoms. The Balaban J connectivity index is 1.68. The minimum Gasteiger partial charge on any atom is -0.497 e. The summed E-state index contributed by atoms with van der Waals surface area (Å²) < 4.78 is 11.0. The average Bonchev–Trinajstić information content (AvgIpc) is 2.87. The summed E-state index contributed by atoms with van der Waals surface area (Å²) in [5, 5.41) is 7.10. The molecule has 1 atom stereocenters. The number of amidine groups is 1. The lowest BCUT2D eigenvalue weighted by atomic mass is 9.95. The quantitative estimate of drug-likeness (QED) is 0.437. The van der Waals surface area contributed by atoms with Crippen LogP contribution < -0.4 is 20.1 Å². The molecule has 0 saturated heterocycles. The molecule has 0 fully saturated rings. The van der Waals surface area contributed by atoms with Crippen LogP contribution in [0, 0.1) is 6.92 Å². The molecule has 0 radical (unpaired) electrons. The molecule has 0 unspecified atom stereocenters. The van der Waals surface area contributed by atoms with Crippen LogP contribution in [-0.2, 0) is 10.5 Å². The number of rotatable bonds is 7. The van der Waals surface area contributed by atoms with Gasteiger partial charge in [0.05, 0.1) is 19.8 Å². The van der Waals surface area contributed by atoms with Crippen molar-refractivity contribution in [2.45, 2.75) is 25.6 Å². The Bertz CT molecular complexity index is 1270. The second-order valence-electron chi connectivity index (χ2n) is 8.21. The van der Waals surface area contributed by atoms with Gasteiger partial charge in [-0.25, -0.2) is 4.99 Å². The van der Waals surface area contributed by atoms with Crippen molar-refractivity contribution >= 4 is 28.5 Å². The highest BCUT2D eigenvalue weighted by molar-refractivity contribution is 8.13. The lowest BCUT2D eigenvalue weighted by Crippen LogP contribution is -2.32. The van der Waals surface area contributed by atoms with Crippen molar-refractivity contribution < 1.29 is 14.3 Å². The predicted molar refractivity (Wildman–Crippen MR) is 143 cm³/mol. The Morgan fingerprint density at radius 1 is 1.00 bits per heavy atom. The van der Waals surface area contributed by atoms with Gasteiger partial charge in [0, 0.05) is 28.8 Å². The fraction of sp³-hybridized carbons (Fsp3) is 0.214. The molecule has 1 amide bonds. The van der Waals surface area contributed by atoms with Crippen LogP contribution in [0.4, 0.5) is 5.69 Å². The molecule has 4 rings (SSSR count). The molecule has 3 aromatic carbocycles. The van der Waals surface area contributed by atoms with E-state index in [9.17, 15) is 4.79 Å². The van der Waals surface area contributed by atoms with Gasteiger partial charge in [0.15, 0.2) is 5.17 Å². The summed E-state index contributed by atoms with van der Waals surface area (Å²) in [4.78, 5) is 18.4. The SMILES string of the molecule is COc1ccc([C@H]2N=C(SCc3cccc(C)c3)NC(C)=C2C(=O)Nc2ccccc2)c(OC)c1. The van der Waals surface area contributed by atoms with E-state index in [2.05, 4.69) is 41.8 Å². The molecule has 0 spiro atoms. The number of anilines is 1. The zero-order valence-electron chi connectivity index (χ0n) is 20.3. The topological polar surface area (TPSA) is 72.0 Å². The van der Waals surface area contributed by atoms with E-state index in [1.807, 2.05) is 55.5 Å². The summed E-state index contributed by atoms with van der Waals surface area (Å²) >= 11 is 1.61. The molecule has 7 heteroatoms. The van der Waals surface area contributed by atoms with E-state index >= 15 is 0 Å². The van der Waals surface area contributed by atoms with Crippen molar-refractivity contribution in [1.29, 1.82) is 0 Å². The second kappa shape index (κ2) is 11.1. The Hall–Kier alpha value is -3.71. The highest BCUT2D eigenvalue weighted by atomic mass is 32.2. The molecule has 6 nitrogen and oxygen atoms in total. The van der Waals surface area contributed by atoms with Crippen molar-refractivity contribution in [2.75, 3.05) is 19.5 Å². The number of para-hydroxylation sites is 1. The summed E-state index contributed by atoms with van der Waals surface area (Å²) in [5.41, 5.74) is 5.24. The maximum atomic E-state index is 13.5. The van der Waals surface area contributed by atoms with Crippen molar-refractivity contribution in [3.8, 4) is 11.5 Å². The summed E-state index contributed by atoms with van der Waals surface area (Å²) in [6.07, 6.45) is 0. The minimum absolute atomic E-state index is 0.212. The molecule has 1 aliphatic rings. The number of nitrogens with one attached hydrogen (secondary N) is 2. The number of hydrogen-bond acceptors (Lipinski definition) is 6. The number of methoxy groups -OCH3 is 2. The van der Waals surface area contributed by atoms with Crippen LogP contribution >= 0.6 is 11.8 Å². The summed E-state index contributed by atoms with van der Waals surface area (Å²) in [7, 11) is 3.22. The van der Waals surface area contributed by atoms with Gasteiger partial charge in [-0.15, -0.1) is 0 Å². The van der Waals surface area contributed by atoms with Gasteiger partial charge in [-0.2, -0.15) is 0 Å². The van der Waals surface area contributed by atoms with Crippen LogP contribution in [0.15, 0.2) is 89.1 Å². The molecule has 0 saturated carbocycles. The van der Waals surface area contributed by atoms with Crippen LogP contribution in [0.2, 0.25) is 0 Å². The lowest BCUT2D eigenvalue weighted by Gasteiger charge is -2.27. The van der Waals surface area contributed by atoms with Gasteiger partial charge in [0.1, 0.15) is 17.5 Å². The molecule has 0 aliphatic carbocycles. The van der Waals surface area contributed by atoms with Gasteiger partial charge in [-0.05, 0) is 43.7 Å². The Morgan fingerprint density at radius 2 is 1.80 bits per heavy atom. The number of ether oxygens (including phenoxy) is 2. The fourth-order valence-corrected chi connectivity index (χ4v) is 4.85. The first kappa shape index (κ1) is 24.4. The van der Waals surface area contributed by atoms with Crippen molar-refractivity contribution in [2.24, 2.45) is 4.99 Å².